The summed E-state index contributed by atoms with van der Waals surface area (Å²) in [6.45, 7) is 3.37. The number of hydrogen-bond donors (Lipinski definition) is 1. The highest BCUT2D eigenvalue weighted by Crippen LogP contribution is 2.31. The number of amides is 2. The predicted octanol–water partition coefficient (Wildman–Crippen LogP) is 4.13. The van der Waals surface area contributed by atoms with E-state index in [1.54, 1.807) is 7.11 Å². The molecule has 0 unspecified atom stereocenters. The molecular formula is C27H34BrN3O3. The minimum Gasteiger partial charge on any atom is -0.497 e. The van der Waals surface area contributed by atoms with Crippen molar-refractivity contribution in [3.63, 3.8) is 0 Å². The summed E-state index contributed by atoms with van der Waals surface area (Å²) in [4.78, 5) is 30.5. The largest absolute Gasteiger partial charge is 0.497 e. The molecule has 1 heterocycles. The Bertz CT molecular complexity index is 967. The molecule has 0 aromatic heterocycles. The number of halogens is 1. The number of piperazine rings is 1. The molecule has 2 aliphatic rings. The number of carbonyl (C=O) groups excluding carboxylic acids is 2. The molecule has 1 aliphatic heterocycles. The fourth-order valence-corrected chi connectivity index (χ4v) is 5.58. The molecule has 0 radical (unpaired) electrons. The Balaban J connectivity index is 1.33. The van der Waals surface area contributed by atoms with Crippen molar-refractivity contribution >= 4 is 27.7 Å². The van der Waals surface area contributed by atoms with Crippen molar-refractivity contribution in [2.75, 3.05) is 39.8 Å². The Hall–Kier alpha value is -2.38. The highest BCUT2D eigenvalue weighted by atomic mass is 79.9. The summed E-state index contributed by atoms with van der Waals surface area (Å²) in [7, 11) is 1.66. The van der Waals surface area contributed by atoms with Gasteiger partial charge in [0, 0.05) is 42.8 Å². The topological polar surface area (TPSA) is 61.9 Å². The average Bonchev–Trinajstić information content (AvgIpc) is 3.39. The molecule has 2 fully saturated rings. The molecule has 0 spiro atoms. The van der Waals surface area contributed by atoms with Crippen molar-refractivity contribution < 1.29 is 14.3 Å². The SMILES string of the molecule is COc1ccc(CCNC(=O)[C@@H](C2CCCC2)N2CCN(C(=O)c3cccc(Br)c3)CC2)cc1. The van der Waals surface area contributed by atoms with Crippen molar-refractivity contribution in [2.24, 2.45) is 5.92 Å². The number of benzene rings is 2. The first-order chi connectivity index (χ1) is 16.5. The summed E-state index contributed by atoms with van der Waals surface area (Å²) in [5.41, 5.74) is 1.88. The third-order valence-corrected chi connectivity index (χ3v) is 7.55. The third kappa shape index (κ3) is 6.19. The van der Waals surface area contributed by atoms with Crippen molar-refractivity contribution in [3.8, 4) is 5.75 Å². The smallest absolute Gasteiger partial charge is 0.253 e. The van der Waals surface area contributed by atoms with Crippen LogP contribution in [0, 0.1) is 5.92 Å². The summed E-state index contributed by atoms with van der Waals surface area (Å²) in [5.74, 6) is 1.43. The highest BCUT2D eigenvalue weighted by molar-refractivity contribution is 9.10. The van der Waals surface area contributed by atoms with E-state index in [1.807, 2.05) is 53.4 Å². The lowest BCUT2D eigenvalue weighted by Gasteiger charge is -2.40. The van der Waals surface area contributed by atoms with Crippen LogP contribution in [0.15, 0.2) is 53.0 Å². The molecule has 4 rings (SSSR count). The molecule has 0 bridgehead atoms. The summed E-state index contributed by atoms with van der Waals surface area (Å²) < 4.78 is 6.13. The Morgan fingerprint density at radius 2 is 1.76 bits per heavy atom. The zero-order valence-electron chi connectivity index (χ0n) is 19.8. The van der Waals surface area contributed by atoms with Crippen LogP contribution >= 0.6 is 15.9 Å². The minimum absolute atomic E-state index is 0.0577. The van der Waals surface area contributed by atoms with Crippen LogP contribution in [0.5, 0.6) is 5.75 Å². The Morgan fingerprint density at radius 3 is 2.41 bits per heavy atom. The maximum Gasteiger partial charge on any atom is 0.253 e. The molecule has 2 aromatic rings. The molecule has 2 amide bonds. The molecule has 1 saturated heterocycles. The summed E-state index contributed by atoms with van der Waals surface area (Å²) in [6, 6.07) is 15.4. The van der Waals surface area contributed by atoms with Gasteiger partial charge in [-0.3, -0.25) is 14.5 Å². The number of ether oxygens (including phenoxy) is 1. The Labute approximate surface area is 210 Å². The lowest BCUT2D eigenvalue weighted by atomic mass is 9.94. The van der Waals surface area contributed by atoms with Gasteiger partial charge >= 0.3 is 0 Å². The minimum atomic E-state index is -0.110. The van der Waals surface area contributed by atoms with Crippen LogP contribution in [0.1, 0.15) is 41.6 Å². The van der Waals surface area contributed by atoms with E-state index in [0.717, 1.165) is 42.6 Å². The maximum atomic E-state index is 13.3. The van der Waals surface area contributed by atoms with Gasteiger partial charge in [0.05, 0.1) is 13.2 Å². The summed E-state index contributed by atoms with van der Waals surface area (Å²) in [6.07, 6.45) is 5.40. The standard InChI is InChI=1S/C27H34BrN3O3/c1-34-24-11-9-20(10-12-24)13-14-29-26(32)25(21-5-2-3-6-21)30-15-17-31(18-16-30)27(33)22-7-4-8-23(28)19-22/h4,7-12,19,21,25H,2-3,5-6,13-18H2,1H3,(H,29,32)/t25-/m1/s1. The maximum absolute atomic E-state index is 13.3. The van der Waals surface area contributed by atoms with Gasteiger partial charge in [0.15, 0.2) is 0 Å². The van der Waals surface area contributed by atoms with Crippen LogP contribution in [0.3, 0.4) is 0 Å². The van der Waals surface area contributed by atoms with E-state index in [9.17, 15) is 9.59 Å². The van der Waals surface area contributed by atoms with E-state index in [1.165, 1.54) is 18.4 Å². The van der Waals surface area contributed by atoms with E-state index in [2.05, 4.69) is 26.1 Å². The summed E-state index contributed by atoms with van der Waals surface area (Å²) in [5, 5.41) is 3.20. The van der Waals surface area contributed by atoms with Crippen molar-refractivity contribution in [2.45, 2.75) is 38.1 Å². The number of carbonyl (C=O) groups is 2. The molecule has 1 aliphatic carbocycles. The first kappa shape index (κ1) is 24.7. The predicted molar refractivity (Wildman–Crippen MR) is 137 cm³/mol. The van der Waals surface area contributed by atoms with Gasteiger partial charge in [-0.05, 0) is 61.1 Å². The first-order valence-corrected chi connectivity index (χ1v) is 13.0. The average molecular weight is 528 g/mol. The van der Waals surface area contributed by atoms with Gasteiger partial charge in [0.2, 0.25) is 5.91 Å². The molecule has 1 atom stereocenters. The second-order valence-electron chi connectivity index (χ2n) is 9.22. The van der Waals surface area contributed by atoms with E-state index in [4.69, 9.17) is 4.74 Å². The zero-order valence-corrected chi connectivity index (χ0v) is 21.4. The molecule has 1 saturated carbocycles. The van der Waals surface area contributed by atoms with E-state index >= 15 is 0 Å². The second-order valence-corrected chi connectivity index (χ2v) is 10.1. The van der Waals surface area contributed by atoms with Gasteiger partial charge in [-0.2, -0.15) is 0 Å². The second kappa shape index (κ2) is 11.8. The Morgan fingerprint density at radius 1 is 1.06 bits per heavy atom. The first-order valence-electron chi connectivity index (χ1n) is 12.2. The fourth-order valence-electron chi connectivity index (χ4n) is 5.19. The number of methoxy groups -OCH3 is 1. The van der Waals surface area contributed by atoms with Gasteiger partial charge < -0.3 is 15.0 Å². The Kier molecular flexibility index (Phi) is 8.62. The molecule has 2 aromatic carbocycles. The lowest BCUT2D eigenvalue weighted by Crippen LogP contribution is -2.58. The monoisotopic (exact) mass is 527 g/mol. The van der Waals surface area contributed by atoms with Gasteiger partial charge in [-0.15, -0.1) is 0 Å². The lowest BCUT2D eigenvalue weighted by molar-refractivity contribution is -0.129. The number of hydrogen-bond acceptors (Lipinski definition) is 4. The molecule has 1 N–H and O–H groups in total. The van der Waals surface area contributed by atoms with E-state index < -0.39 is 0 Å². The molecule has 6 nitrogen and oxygen atoms in total. The molecule has 34 heavy (non-hydrogen) atoms. The highest BCUT2D eigenvalue weighted by Gasteiger charge is 2.37. The van der Waals surface area contributed by atoms with Crippen LogP contribution < -0.4 is 10.1 Å². The number of nitrogens with one attached hydrogen (secondary N) is 1. The fraction of sp³-hybridized carbons (Fsp3) is 0.481. The van der Waals surface area contributed by atoms with Gasteiger partial charge in [0.1, 0.15) is 5.75 Å². The van der Waals surface area contributed by atoms with Gasteiger partial charge in [-0.25, -0.2) is 0 Å². The number of nitrogens with zero attached hydrogens (tertiary/aromatic N) is 2. The van der Waals surface area contributed by atoms with Crippen molar-refractivity contribution in [1.82, 2.24) is 15.1 Å². The molecule has 182 valence electrons. The van der Waals surface area contributed by atoms with E-state index in [-0.39, 0.29) is 17.9 Å². The van der Waals surface area contributed by atoms with Crippen LogP contribution in [0.25, 0.3) is 0 Å². The van der Waals surface area contributed by atoms with Crippen LogP contribution in [0.2, 0.25) is 0 Å². The van der Waals surface area contributed by atoms with Gasteiger partial charge in [0.25, 0.3) is 5.91 Å². The third-order valence-electron chi connectivity index (χ3n) is 7.05. The van der Waals surface area contributed by atoms with Gasteiger partial charge in [-0.1, -0.05) is 47.0 Å². The van der Waals surface area contributed by atoms with Crippen LogP contribution in [-0.2, 0) is 11.2 Å². The number of rotatable bonds is 8. The normalized spacial score (nSPS) is 18.0. The van der Waals surface area contributed by atoms with Crippen LogP contribution in [-0.4, -0.2) is 67.5 Å². The summed E-state index contributed by atoms with van der Waals surface area (Å²) >= 11 is 3.45. The molecular weight excluding hydrogens is 494 g/mol. The van der Waals surface area contributed by atoms with Crippen molar-refractivity contribution in [1.29, 1.82) is 0 Å². The quantitative estimate of drug-likeness (QED) is 0.560. The van der Waals surface area contributed by atoms with Crippen molar-refractivity contribution in [3.05, 3.63) is 64.1 Å². The zero-order chi connectivity index (χ0) is 23.9. The molecule has 7 heteroatoms. The van der Waals surface area contributed by atoms with E-state index in [0.29, 0.717) is 31.1 Å². The van der Waals surface area contributed by atoms with Crippen LogP contribution in [0.4, 0.5) is 0 Å².